The fraction of sp³-hybridized carbons (Fsp3) is 0.486. The summed E-state index contributed by atoms with van der Waals surface area (Å²) in [6.45, 7) is 13.3. The molecule has 0 amide bonds. The minimum Gasteiger partial charge on any atom is -0.490 e. The van der Waals surface area contributed by atoms with E-state index < -0.39 is 0 Å². The standard InChI is InChI=1S/C25H29I2NO3.C10H17N3S.2ClH/c1-4-7-11-22-23(18-10-8-9-12-21(18)31-22)24(29)17-15-19(26)25(20(27)16-17)30-14-13-28(5-2)6-3;1-2-5-12-7-3-4-8-9(6-7)14-10(11)13-8;;/h8-10,12,15-16H,4-7,11,13-14H2,1-3H3;7,12H,2-6H2,1H3,(H2,11,13);2*1H/t;7-;;/m.0../s1. The lowest BCUT2D eigenvalue weighted by Crippen LogP contribution is -2.34. The normalized spacial score (nSPS) is 13.7. The monoisotopic (exact) mass is 928 g/mol. The van der Waals surface area contributed by atoms with E-state index in [1.165, 1.54) is 23.4 Å². The van der Waals surface area contributed by atoms with E-state index >= 15 is 0 Å². The number of nitrogens with zero attached hydrogens (tertiary/aromatic N) is 2. The number of nitrogens with one attached hydrogen (secondary N) is 1. The summed E-state index contributed by atoms with van der Waals surface area (Å²) in [4.78, 5) is 21.6. The number of furan rings is 1. The Morgan fingerprint density at radius 2 is 1.81 bits per heavy atom. The molecule has 47 heavy (non-hydrogen) atoms. The molecule has 0 spiro atoms. The van der Waals surface area contributed by atoms with Crippen LogP contribution in [-0.4, -0.2) is 54.5 Å². The van der Waals surface area contributed by atoms with Crippen molar-refractivity contribution in [1.82, 2.24) is 15.2 Å². The van der Waals surface area contributed by atoms with Gasteiger partial charge in [-0.05, 0) is 115 Å². The number of unbranched alkanes of at least 4 members (excludes halogenated alkanes) is 1. The van der Waals surface area contributed by atoms with Crippen LogP contribution in [0.2, 0.25) is 0 Å². The molecule has 0 bridgehead atoms. The van der Waals surface area contributed by atoms with Crippen molar-refractivity contribution in [1.29, 1.82) is 0 Å². The van der Waals surface area contributed by atoms with Crippen molar-refractivity contribution in [3.8, 4) is 5.75 Å². The molecule has 1 aliphatic rings. The van der Waals surface area contributed by atoms with Gasteiger partial charge < -0.3 is 25.1 Å². The van der Waals surface area contributed by atoms with Gasteiger partial charge in [-0.3, -0.25) is 4.79 Å². The Bertz CT molecular complexity index is 1540. The van der Waals surface area contributed by atoms with Crippen molar-refractivity contribution in [2.24, 2.45) is 0 Å². The summed E-state index contributed by atoms with van der Waals surface area (Å²) >= 11 is 6.19. The van der Waals surface area contributed by atoms with Crippen LogP contribution in [0.4, 0.5) is 5.13 Å². The molecular weight excluding hydrogens is 881 g/mol. The third kappa shape index (κ3) is 11.4. The smallest absolute Gasteiger partial charge is 0.197 e. The molecule has 1 atom stereocenters. The highest BCUT2D eigenvalue weighted by Gasteiger charge is 2.24. The Morgan fingerprint density at radius 3 is 2.47 bits per heavy atom. The quantitative estimate of drug-likeness (QED) is 0.0963. The number of aromatic nitrogens is 1. The van der Waals surface area contributed by atoms with E-state index in [1.54, 1.807) is 11.3 Å². The van der Waals surface area contributed by atoms with Crippen LogP contribution in [0, 0.1) is 7.14 Å². The molecule has 2 heterocycles. The summed E-state index contributed by atoms with van der Waals surface area (Å²) in [5.74, 6) is 1.66. The van der Waals surface area contributed by atoms with Gasteiger partial charge in [-0.25, -0.2) is 4.98 Å². The van der Waals surface area contributed by atoms with Gasteiger partial charge in [0.15, 0.2) is 10.9 Å². The second-order valence-electron chi connectivity index (χ2n) is 11.3. The number of hydrogen-bond donors (Lipinski definition) is 2. The van der Waals surface area contributed by atoms with Crippen LogP contribution in [0.5, 0.6) is 5.75 Å². The van der Waals surface area contributed by atoms with E-state index in [-0.39, 0.29) is 30.6 Å². The number of hydrogen-bond acceptors (Lipinski definition) is 8. The van der Waals surface area contributed by atoms with Crippen LogP contribution in [0.1, 0.15) is 85.6 Å². The van der Waals surface area contributed by atoms with Crippen LogP contribution in [0.15, 0.2) is 40.8 Å². The molecule has 5 rings (SSSR count). The highest BCUT2D eigenvalue weighted by molar-refractivity contribution is 14.1. The number of halogens is 4. The summed E-state index contributed by atoms with van der Waals surface area (Å²) in [6, 6.07) is 12.3. The Labute approximate surface area is 323 Å². The van der Waals surface area contributed by atoms with Gasteiger partial charge in [-0.1, -0.05) is 52.3 Å². The second-order valence-corrected chi connectivity index (χ2v) is 14.7. The molecule has 0 radical (unpaired) electrons. The van der Waals surface area contributed by atoms with Crippen LogP contribution in [0.25, 0.3) is 11.0 Å². The summed E-state index contributed by atoms with van der Waals surface area (Å²) in [7, 11) is 0. The highest BCUT2D eigenvalue weighted by atomic mass is 127. The molecule has 260 valence electrons. The number of ketones is 1. The van der Waals surface area contributed by atoms with Crippen molar-refractivity contribution in [2.45, 2.75) is 78.7 Å². The molecule has 2 aromatic carbocycles. The fourth-order valence-electron chi connectivity index (χ4n) is 5.57. The van der Waals surface area contributed by atoms with Crippen LogP contribution < -0.4 is 15.8 Å². The number of nitrogens with two attached hydrogens (primary N) is 1. The number of para-hydroxylation sites is 1. The average molecular weight is 930 g/mol. The van der Waals surface area contributed by atoms with E-state index in [9.17, 15) is 4.79 Å². The van der Waals surface area contributed by atoms with Crippen molar-refractivity contribution < 1.29 is 13.9 Å². The minimum absolute atomic E-state index is 0. The van der Waals surface area contributed by atoms with Gasteiger partial charge in [0.2, 0.25) is 0 Å². The summed E-state index contributed by atoms with van der Waals surface area (Å²) < 4.78 is 14.1. The molecule has 3 N–H and O–H groups in total. The number of anilines is 1. The topological polar surface area (TPSA) is 93.6 Å². The summed E-state index contributed by atoms with van der Waals surface area (Å²) in [6.07, 6.45) is 7.43. The van der Waals surface area contributed by atoms with Crippen LogP contribution >= 0.6 is 81.3 Å². The van der Waals surface area contributed by atoms with Crippen molar-refractivity contribution in [3.05, 3.63) is 71.0 Å². The zero-order chi connectivity index (χ0) is 32.3. The van der Waals surface area contributed by atoms with E-state index in [2.05, 4.69) is 88.1 Å². The SMILES string of the molecule is CCCCc1oc2ccccc2c1C(=O)c1cc(I)c(OCCN(CC)CC)c(I)c1.CCCN[C@H]1CCc2nc(N)sc2C1.Cl.Cl. The van der Waals surface area contributed by atoms with E-state index in [0.717, 1.165) is 93.0 Å². The predicted molar refractivity (Wildman–Crippen MR) is 219 cm³/mol. The number of fused-ring (bicyclic) bond motifs is 2. The third-order valence-corrected chi connectivity index (χ3v) is 10.7. The molecule has 0 saturated heterocycles. The molecule has 0 aliphatic heterocycles. The highest BCUT2D eigenvalue weighted by Crippen LogP contribution is 2.33. The van der Waals surface area contributed by atoms with Crippen molar-refractivity contribution in [2.75, 3.05) is 38.5 Å². The Hall–Kier alpha value is -1.16. The summed E-state index contributed by atoms with van der Waals surface area (Å²) in [5, 5.41) is 5.18. The molecule has 0 fully saturated rings. The van der Waals surface area contributed by atoms with Gasteiger partial charge in [0, 0.05) is 34.8 Å². The van der Waals surface area contributed by atoms with Gasteiger partial charge in [-0.15, -0.1) is 36.2 Å². The first-order valence-electron chi connectivity index (χ1n) is 16.2. The van der Waals surface area contributed by atoms with Crippen LogP contribution in [0.3, 0.4) is 0 Å². The molecule has 7 nitrogen and oxygen atoms in total. The van der Waals surface area contributed by atoms with Crippen LogP contribution in [-0.2, 0) is 19.3 Å². The zero-order valence-electron chi connectivity index (χ0n) is 27.7. The maximum Gasteiger partial charge on any atom is 0.197 e. The molecule has 0 saturated carbocycles. The average Bonchev–Trinajstić information content (AvgIpc) is 3.60. The molecule has 2 aromatic heterocycles. The first-order valence-corrected chi connectivity index (χ1v) is 19.1. The molecule has 1 aliphatic carbocycles. The lowest BCUT2D eigenvalue weighted by Gasteiger charge is -2.21. The number of ether oxygens (including phenoxy) is 1. The van der Waals surface area contributed by atoms with E-state index in [1.807, 2.05) is 36.4 Å². The van der Waals surface area contributed by atoms with Gasteiger partial charge >= 0.3 is 0 Å². The Balaban J connectivity index is 0.000000403. The third-order valence-electron chi connectivity index (χ3n) is 8.10. The molecule has 0 unspecified atom stereocenters. The molecular formula is C35H48Cl2I2N4O3S. The van der Waals surface area contributed by atoms with Gasteiger partial charge in [0.25, 0.3) is 0 Å². The molecule has 12 heteroatoms. The second kappa shape index (κ2) is 21.1. The maximum absolute atomic E-state index is 13.6. The van der Waals surface area contributed by atoms with E-state index in [0.29, 0.717) is 23.8 Å². The van der Waals surface area contributed by atoms with Gasteiger partial charge in [0.05, 0.1) is 18.4 Å². The van der Waals surface area contributed by atoms with E-state index in [4.69, 9.17) is 14.9 Å². The lowest BCUT2D eigenvalue weighted by molar-refractivity contribution is 0.103. The number of nitrogen functional groups attached to an aromatic ring is 1. The largest absolute Gasteiger partial charge is 0.490 e. The Kier molecular flexibility index (Phi) is 18.9. The first-order chi connectivity index (χ1) is 21.8. The number of rotatable bonds is 14. The molecule has 4 aromatic rings. The zero-order valence-corrected chi connectivity index (χ0v) is 34.5. The number of benzene rings is 2. The Morgan fingerprint density at radius 1 is 1.11 bits per heavy atom. The number of likely N-dealkylation sites (N-methyl/N-ethyl adjacent to an activating group) is 1. The predicted octanol–water partition coefficient (Wildman–Crippen LogP) is 9.36. The number of thiazole rings is 1. The fourth-order valence-corrected chi connectivity index (χ4v) is 8.60. The van der Waals surface area contributed by atoms with Gasteiger partial charge in [-0.2, -0.15) is 0 Å². The summed E-state index contributed by atoms with van der Waals surface area (Å²) in [5.41, 5.74) is 9.08. The maximum atomic E-state index is 13.6. The number of aryl methyl sites for hydroxylation is 2. The van der Waals surface area contributed by atoms with Crippen molar-refractivity contribution in [3.63, 3.8) is 0 Å². The van der Waals surface area contributed by atoms with Gasteiger partial charge in [0.1, 0.15) is 23.7 Å². The van der Waals surface area contributed by atoms with Crippen molar-refractivity contribution >= 4 is 103 Å². The number of carbonyl (C=O) groups is 1. The number of carbonyl (C=O) groups excluding carboxylic acids is 1. The lowest BCUT2D eigenvalue weighted by atomic mass is 9.98. The first kappa shape index (κ1) is 42.0. The minimum atomic E-state index is 0.